The number of allylic oxidation sites excluding steroid dienone is 1. The van der Waals surface area contributed by atoms with Gasteiger partial charge >= 0.3 is 0 Å². The number of hydrogen-bond acceptors (Lipinski definition) is 1. The van der Waals surface area contributed by atoms with Crippen LogP contribution >= 0.6 is 11.6 Å². The largest absolute Gasteiger partial charge is 0.307 e. The summed E-state index contributed by atoms with van der Waals surface area (Å²) in [6.45, 7) is 5.35. The molecule has 1 aliphatic carbocycles. The highest BCUT2D eigenvalue weighted by Crippen LogP contribution is 2.32. The molecule has 0 aromatic carbocycles. The molecule has 14 heavy (non-hydrogen) atoms. The highest BCUT2D eigenvalue weighted by molar-refractivity contribution is 6.18. The van der Waals surface area contributed by atoms with Crippen molar-refractivity contribution in [1.29, 1.82) is 0 Å². The van der Waals surface area contributed by atoms with Gasteiger partial charge in [0.1, 0.15) is 0 Å². The molecule has 0 atom stereocenters. The van der Waals surface area contributed by atoms with Gasteiger partial charge in [-0.2, -0.15) is 0 Å². The standard InChI is InChI=1S/C12H22ClN/c1-3-4-9-14-12(10-13)7-5-11(2)6-8-12/h3-4,11,14H,5-10H2,1-2H3/b4-3+. The van der Waals surface area contributed by atoms with Crippen molar-refractivity contribution in [3.8, 4) is 0 Å². The van der Waals surface area contributed by atoms with E-state index in [-0.39, 0.29) is 5.54 Å². The highest BCUT2D eigenvalue weighted by Gasteiger charge is 2.32. The Balaban J connectivity index is 2.41. The van der Waals surface area contributed by atoms with Crippen LogP contribution in [0.3, 0.4) is 0 Å². The van der Waals surface area contributed by atoms with Crippen LogP contribution in [0.1, 0.15) is 39.5 Å². The van der Waals surface area contributed by atoms with Crippen LogP contribution in [0.4, 0.5) is 0 Å². The molecular formula is C12H22ClN. The first kappa shape index (κ1) is 12.1. The summed E-state index contributed by atoms with van der Waals surface area (Å²) in [4.78, 5) is 0. The summed E-state index contributed by atoms with van der Waals surface area (Å²) in [6, 6.07) is 0. The maximum Gasteiger partial charge on any atom is 0.0406 e. The first-order valence-corrected chi connectivity index (χ1v) is 6.18. The minimum absolute atomic E-state index is 0.216. The molecule has 0 aromatic heterocycles. The summed E-state index contributed by atoms with van der Waals surface area (Å²) in [5, 5.41) is 3.59. The molecule has 82 valence electrons. The summed E-state index contributed by atoms with van der Waals surface area (Å²) in [5.74, 6) is 1.63. The van der Waals surface area contributed by atoms with Crippen molar-refractivity contribution in [2.45, 2.75) is 45.1 Å². The average Bonchev–Trinajstić information content (AvgIpc) is 2.22. The van der Waals surface area contributed by atoms with Crippen LogP contribution < -0.4 is 5.32 Å². The van der Waals surface area contributed by atoms with E-state index in [1.807, 2.05) is 0 Å². The van der Waals surface area contributed by atoms with Gasteiger partial charge in [0.25, 0.3) is 0 Å². The van der Waals surface area contributed by atoms with Crippen LogP contribution in [-0.2, 0) is 0 Å². The third-order valence-corrected chi connectivity index (χ3v) is 3.83. The Kier molecular flexibility index (Phi) is 4.97. The van der Waals surface area contributed by atoms with Crippen LogP contribution in [-0.4, -0.2) is 18.0 Å². The number of halogens is 1. The van der Waals surface area contributed by atoms with Gasteiger partial charge in [-0.3, -0.25) is 0 Å². The molecule has 1 rings (SSSR count). The van der Waals surface area contributed by atoms with E-state index < -0.39 is 0 Å². The number of nitrogens with one attached hydrogen (secondary N) is 1. The lowest BCUT2D eigenvalue weighted by molar-refractivity contribution is 0.224. The second kappa shape index (κ2) is 5.77. The van der Waals surface area contributed by atoms with Gasteiger partial charge in [0, 0.05) is 18.0 Å². The Morgan fingerprint density at radius 3 is 2.57 bits per heavy atom. The van der Waals surface area contributed by atoms with Gasteiger partial charge in [0.05, 0.1) is 0 Å². The van der Waals surface area contributed by atoms with Gasteiger partial charge in [-0.1, -0.05) is 19.1 Å². The van der Waals surface area contributed by atoms with Crippen LogP contribution in [0.25, 0.3) is 0 Å². The van der Waals surface area contributed by atoms with Crippen LogP contribution in [0.15, 0.2) is 12.2 Å². The van der Waals surface area contributed by atoms with E-state index >= 15 is 0 Å². The van der Waals surface area contributed by atoms with Crippen LogP contribution in [0.5, 0.6) is 0 Å². The van der Waals surface area contributed by atoms with Gasteiger partial charge in [-0.25, -0.2) is 0 Å². The number of rotatable bonds is 4. The summed E-state index contributed by atoms with van der Waals surface area (Å²) >= 11 is 6.08. The monoisotopic (exact) mass is 215 g/mol. The fraction of sp³-hybridized carbons (Fsp3) is 0.833. The van der Waals surface area contributed by atoms with Crippen molar-refractivity contribution in [2.24, 2.45) is 5.92 Å². The average molecular weight is 216 g/mol. The van der Waals surface area contributed by atoms with E-state index in [1.54, 1.807) is 0 Å². The zero-order valence-electron chi connectivity index (χ0n) is 9.35. The molecule has 1 aliphatic rings. The Labute approximate surface area is 92.9 Å². The van der Waals surface area contributed by atoms with E-state index in [9.17, 15) is 0 Å². The molecule has 0 spiro atoms. The highest BCUT2D eigenvalue weighted by atomic mass is 35.5. The fourth-order valence-electron chi connectivity index (χ4n) is 2.07. The summed E-state index contributed by atoms with van der Waals surface area (Å²) in [5.41, 5.74) is 0.216. The zero-order valence-corrected chi connectivity index (χ0v) is 10.1. The maximum absolute atomic E-state index is 6.08. The molecule has 0 heterocycles. The molecule has 0 aliphatic heterocycles. The van der Waals surface area contributed by atoms with Gasteiger partial charge in [-0.15, -0.1) is 11.6 Å². The van der Waals surface area contributed by atoms with Gasteiger partial charge < -0.3 is 5.32 Å². The van der Waals surface area contributed by atoms with Gasteiger partial charge in [-0.05, 0) is 38.5 Å². The van der Waals surface area contributed by atoms with E-state index in [4.69, 9.17) is 11.6 Å². The molecule has 1 nitrogen and oxygen atoms in total. The van der Waals surface area contributed by atoms with Crippen molar-refractivity contribution in [1.82, 2.24) is 5.32 Å². The molecule has 0 amide bonds. The topological polar surface area (TPSA) is 12.0 Å². The summed E-state index contributed by atoms with van der Waals surface area (Å²) in [6.07, 6.45) is 9.34. The van der Waals surface area contributed by atoms with Crippen molar-refractivity contribution in [3.05, 3.63) is 12.2 Å². The lowest BCUT2D eigenvalue weighted by Gasteiger charge is -2.38. The number of hydrogen-bond donors (Lipinski definition) is 1. The van der Waals surface area contributed by atoms with E-state index in [2.05, 4.69) is 31.3 Å². The quantitative estimate of drug-likeness (QED) is 0.561. The third kappa shape index (κ3) is 3.29. The van der Waals surface area contributed by atoms with Crippen molar-refractivity contribution in [3.63, 3.8) is 0 Å². The normalized spacial score (nSPS) is 33.8. The molecule has 2 heteroatoms. The molecule has 0 bridgehead atoms. The minimum Gasteiger partial charge on any atom is -0.307 e. The zero-order chi connectivity index (χ0) is 10.4. The summed E-state index contributed by atoms with van der Waals surface area (Å²) < 4.78 is 0. The molecular weight excluding hydrogens is 194 g/mol. The predicted molar refractivity (Wildman–Crippen MR) is 63.9 cm³/mol. The smallest absolute Gasteiger partial charge is 0.0406 e. The molecule has 1 fully saturated rings. The van der Waals surface area contributed by atoms with Gasteiger partial charge in [0.15, 0.2) is 0 Å². The first-order valence-electron chi connectivity index (χ1n) is 5.64. The second-order valence-corrected chi connectivity index (χ2v) is 4.81. The lowest BCUT2D eigenvalue weighted by atomic mass is 9.78. The van der Waals surface area contributed by atoms with Crippen molar-refractivity contribution >= 4 is 11.6 Å². The van der Waals surface area contributed by atoms with E-state index in [1.165, 1.54) is 25.7 Å². The van der Waals surface area contributed by atoms with Gasteiger partial charge in [0.2, 0.25) is 0 Å². The summed E-state index contributed by atoms with van der Waals surface area (Å²) in [7, 11) is 0. The molecule has 1 N–H and O–H groups in total. The molecule has 0 saturated heterocycles. The molecule has 0 unspecified atom stereocenters. The fourth-order valence-corrected chi connectivity index (χ4v) is 2.43. The maximum atomic E-state index is 6.08. The van der Waals surface area contributed by atoms with Crippen molar-refractivity contribution < 1.29 is 0 Å². The third-order valence-electron chi connectivity index (χ3n) is 3.32. The first-order chi connectivity index (χ1) is 6.72. The van der Waals surface area contributed by atoms with E-state index in [0.29, 0.717) is 0 Å². The Hall–Kier alpha value is -0.0100. The van der Waals surface area contributed by atoms with Crippen LogP contribution in [0.2, 0.25) is 0 Å². The number of alkyl halides is 1. The lowest BCUT2D eigenvalue weighted by Crippen LogP contribution is -2.49. The minimum atomic E-state index is 0.216. The Morgan fingerprint density at radius 1 is 1.43 bits per heavy atom. The second-order valence-electron chi connectivity index (χ2n) is 4.55. The predicted octanol–water partition coefficient (Wildman–Crippen LogP) is 3.34. The SMILES string of the molecule is C/C=C/CNC1(CCl)CCC(C)CC1. The Morgan fingerprint density at radius 2 is 2.07 bits per heavy atom. The van der Waals surface area contributed by atoms with Crippen LogP contribution in [0, 0.1) is 5.92 Å². The Bertz CT molecular complexity index is 181. The van der Waals surface area contributed by atoms with E-state index in [0.717, 1.165) is 18.3 Å². The molecule has 0 radical (unpaired) electrons. The van der Waals surface area contributed by atoms with Crippen molar-refractivity contribution in [2.75, 3.05) is 12.4 Å². The molecule has 0 aromatic rings. The molecule has 1 saturated carbocycles.